The van der Waals surface area contributed by atoms with Crippen LogP contribution in [0.1, 0.15) is 256 Å². The minimum Gasteiger partial charge on any atom is -0.508 e. The van der Waals surface area contributed by atoms with Gasteiger partial charge in [0.2, 0.25) is 0 Å². The first kappa shape index (κ1) is 95.2. The van der Waals surface area contributed by atoms with Crippen molar-refractivity contribution >= 4 is 11.1 Å². The van der Waals surface area contributed by atoms with Gasteiger partial charge in [-0.1, -0.05) is 302 Å². The van der Waals surface area contributed by atoms with E-state index in [1.807, 2.05) is 128 Å². The second kappa shape index (κ2) is 46.9. The molecule has 10 rings (SSSR count). The van der Waals surface area contributed by atoms with E-state index in [2.05, 4.69) is 230 Å². The lowest BCUT2D eigenvalue weighted by Crippen LogP contribution is -2.23. The predicted octanol–water partition coefficient (Wildman–Crippen LogP) is 25.9. The highest BCUT2D eigenvalue weighted by Gasteiger charge is 2.28. The zero-order valence-corrected chi connectivity index (χ0v) is 74.9. The maximum atomic E-state index is 11.0. The van der Waals surface area contributed by atoms with Gasteiger partial charge in [-0.3, -0.25) is 19.6 Å². The Kier molecular flexibility index (Phi) is 38.8. The fraction of sp³-hybridized carbons (Fsp3) is 0.462. The molecule has 624 valence electrons. The number of methoxy groups -OCH3 is 1. The van der Waals surface area contributed by atoms with Gasteiger partial charge in [0.25, 0.3) is 0 Å². The zero-order chi connectivity index (χ0) is 84.6. The second-order valence-electron chi connectivity index (χ2n) is 33.4. The number of hydrogen-bond donors (Lipinski definition) is 5. The van der Waals surface area contributed by atoms with Gasteiger partial charge in [-0.25, -0.2) is 0 Å². The molecule has 0 atom stereocenters. The number of allylic oxidation sites excluding steroid dienone is 2. The number of phenolic OH excluding ortho intramolecular Hbond substituents is 5. The third-order valence-electron chi connectivity index (χ3n) is 23.8. The molecule has 1 fully saturated rings. The molecule has 11 heteroatoms. The average molecular weight is 1560 g/mol. The van der Waals surface area contributed by atoms with Crippen molar-refractivity contribution in [2.24, 2.45) is 0 Å². The third-order valence-corrected chi connectivity index (χ3v) is 23.8. The van der Waals surface area contributed by atoms with Crippen molar-refractivity contribution in [2.45, 2.75) is 244 Å². The van der Waals surface area contributed by atoms with Crippen molar-refractivity contribution in [3.05, 3.63) is 249 Å². The fourth-order valence-electron chi connectivity index (χ4n) is 15.0. The highest BCUT2D eigenvalue weighted by atomic mass is 16.5. The van der Waals surface area contributed by atoms with E-state index in [4.69, 9.17) is 4.74 Å². The van der Waals surface area contributed by atoms with Gasteiger partial charge in [-0.15, -0.1) is 0 Å². The standard InChI is InChI=1S/C24H33NO2.C22H37NO.C22H31NO.C21H29NO.C15H17NO/c1-6-22(18-10-13-21(27-5)14-11-18)23(7-2)19-12-15-24(26)20(16-19)17-25(8-3)9-4;2*1-6-22(4,5)19-14-18(16-23(7-2)8-3)21(24)20(15-19)17-12-10-9-11-13-17;1-6-22(7-2)15-17-13-18(21(3,4)5)14-19(20(17)23)16-11-9-8-10-12-16;1-16(2)11-13-9-6-10-14(15(13)17)12-7-4-3-5-8-12/h10-16,26H,6-9,17H2,1-5H3;14-15,17,24H,6-13,16H2,1-5H3;9-15,24H,6-8,16H2,1-5H3;8-14,23H,6-7,15H2,1-5H3;3-10,17H,11H2,1-2H3/b23-22+;;;;. The summed E-state index contributed by atoms with van der Waals surface area (Å²) >= 11 is 0. The molecular weight excluding hydrogens is 1420 g/mol. The first-order valence-corrected chi connectivity index (χ1v) is 43.3. The van der Waals surface area contributed by atoms with Crippen LogP contribution in [0.2, 0.25) is 0 Å². The van der Waals surface area contributed by atoms with E-state index >= 15 is 0 Å². The van der Waals surface area contributed by atoms with Crippen LogP contribution in [0.5, 0.6) is 34.5 Å². The van der Waals surface area contributed by atoms with Gasteiger partial charge < -0.3 is 35.2 Å². The summed E-state index contributed by atoms with van der Waals surface area (Å²) in [5.74, 6) is 3.58. The summed E-state index contributed by atoms with van der Waals surface area (Å²) < 4.78 is 5.29. The fourth-order valence-corrected chi connectivity index (χ4v) is 15.0. The van der Waals surface area contributed by atoms with E-state index < -0.39 is 0 Å². The lowest BCUT2D eigenvalue weighted by Gasteiger charge is -2.30. The molecule has 0 aromatic heterocycles. The molecular formula is C104H147N5O6. The van der Waals surface area contributed by atoms with Gasteiger partial charge in [-0.2, -0.15) is 0 Å². The largest absolute Gasteiger partial charge is 0.508 e. The third kappa shape index (κ3) is 27.5. The summed E-state index contributed by atoms with van der Waals surface area (Å²) in [7, 11) is 5.68. The van der Waals surface area contributed by atoms with Crippen LogP contribution >= 0.6 is 0 Å². The monoisotopic (exact) mass is 1560 g/mol. The number of nitrogens with zero attached hydrogens (tertiary/aromatic N) is 5. The number of benzene rings is 9. The molecule has 0 aliphatic heterocycles. The number of aromatic hydroxyl groups is 5. The van der Waals surface area contributed by atoms with E-state index in [9.17, 15) is 25.5 Å². The van der Waals surface area contributed by atoms with Crippen molar-refractivity contribution < 1.29 is 30.3 Å². The normalized spacial score (nSPS) is 12.8. The van der Waals surface area contributed by atoms with E-state index in [0.717, 1.165) is 178 Å². The van der Waals surface area contributed by atoms with Crippen molar-refractivity contribution in [3.63, 3.8) is 0 Å². The molecule has 0 spiro atoms. The van der Waals surface area contributed by atoms with Crippen LogP contribution in [0, 0.1) is 0 Å². The Labute approximate surface area is 696 Å². The van der Waals surface area contributed by atoms with Gasteiger partial charge in [-0.05, 0) is 225 Å². The topological polar surface area (TPSA) is 127 Å². The molecule has 5 N–H and O–H groups in total. The van der Waals surface area contributed by atoms with Crippen LogP contribution in [-0.2, 0) is 49.0 Å². The molecule has 0 heterocycles. The Morgan fingerprint density at radius 3 is 1.13 bits per heavy atom. The zero-order valence-electron chi connectivity index (χ0n) is 74.9. The average Bonchev–Trinajstić information content (AvgIpc) is 0.803. The number of para-hydroxylation sites is 1. The lowest BCUT2D eigenvalue weighted by atomic mass is 9.77. The van der Waals surface area contributed by atoms with Gasteiger partial charge in [0.15, 0.2) is 0 Å². The van der Waals surface area contributed by atoms with Crippen LogP contribution in [0.25, 0.3) is 44.5 Å². The Bertz CT molecular complexity index is 4370. The van der Waals surface area contributed by atoms with E-state index in [1.54, 1.807) is 7.11 Å². The molecule has 1 saturated carbocycles. The Morgan fingerprint density at radius 2 is 0.730 bits per heavy atom. The molecule has 11 nitrogen and oxygen atoms in total. The van der Waals surface area contributed by atoms with Gasteiger partial charge in [0, 0.05) is 77.2 Å². The van der Waals surface area contributed by atoms with E-state index in [1.165, 1.54) is 76.6 Å². The molecule has 9 aromatic carbocycles. The second-order valence-corrected chi connectivity index (χ2v) is 33.4. The lowest BCUT2D eigenvalue weighted by molar-refractivity contribution is 0.289. The number of hydrogen-bond acceptors (Lipinski definition) is 11. The molecule has 0 radical (unpaired) electrons. The summed E-state index contributed by atoms with van der Waals surface area (Å²) in [5.41, 5.74) is 21.6. The SMILES string of the molecule is CC/C(=C(/CC)c1ccc(O)c(CN(CC)CC)c1)c1ccc(OC)cc1.CCN(CC)Cc1cc(C(C)(C)C)cc(-c2ccccc2)c1O.CCN(CC)Cc1cc(C(C)(C)CC)cc(-c2ccccc2)c1O.CCN(CC)Cc1cc(C(C)(C)CC)cc(C2CCCCC2)c1O.CN(C)Cc1cccc(-c2ccccc2)c1O. The number of rotatable bonds is 31. The number of phenols is 5. The first-order valence-electron chi connectivity index (χ1n) is 43.3. The van der Waals surface area contributed by atoms with Crippen molar-refractivity contribution in [2.75, 3.05) is 73.6 Å². The van der Waals surface area contributed by atoms with E-state index in [0.29, 0.717) is 34.7 Å². The number of ether oxygens (including phenoxy) is 1. The van der Waals surface area contributed by atoms with Crippen LogP contribution in [0.4, 0.5) is 0 Å². The van der Waals surface area contributed by atoms with Crippen LogP contribution in [0.3, 0.4) is 0 Å². The smallest absolute Gasteiger partial charge is 0.127 e. The summed E-state index contributed by atoms with van der Waals surface area (Å²) in [6, 6.07) is 63.8. The Hall–Kier alpha value is -8.68. The molecule has 1 aliphatic carbocycles. The van der Waals surface area contributed by atoms with Crippen molar-refractivity contribution in [3.8, 4) is 67.9 Å². The van der Waals surface area contributed by atoms with Crippen LogP contribution in [0.15, 0.2) is 188 Å². The Balaban J connectivity index is 0.000000225. The van der Waals surface area contributed by atoms with Crippen molar-refractivity contribution in [1.29, 1.82) is 0 Å². The molecule has 1 aliphatic rings. The first-order chi connectivity index (χ1) is 55.0. The highest BCUT2D eigenvalue weighted by molar-refractivity contribution is 5.91. The molecule has 0 saturated heterocycles. The maximum absolute atomic E-state index is 11.0. The summed E-state index contributed by atoms with van der Waals surface area (Å²) in [4.78, 5) is 11.4. The maximum Gasteiger partial charge on any atom is 0.127 e. The van der Waals surface area contributed by atoms with Crippen LogP contribution in [-0.4, -0.2) is 124 Å². The summed E-state index contributed by atoms with van der Waals surface area (Å²) in [6.45, 7) is 53.9. The molecule has 0 amide bonds. The molecule has 0 bridgehead atoms. The van der Waals surface area contributed by atoms with Gasteiger partial charge in [0.05, 0.1) is 7.11 Å². The molecule has 9 aromatic rings. The predicted molar refractivity (Wildman–Crippen MR) is 492 cm³/mol. The Morgan fingerprint density at radius 1 is 0.357 bits per heavy atom. The minimum absolute atomic E-state index is 0.0508. The van der Waals surface area contributed by atoms with E-state index in [-0.39, 0.29) is 16.2 Å². The van der Waals surface area contributed by atoms with Crippen molar-refractivity contribution in [1.82, 2.24) is 24.5 Å². The minimum atomic E-state index is 0.0508. The quantitative estimate of drug-likeness (QED) is 0.0267. The highest BCUT2D eigenvalue weighted by Crippen LogP contribution is 2.45. The molecule has 0 unspecified atom stereocenters. The van der Waals surface area contributed by atoms with Gasteiger partial charge in [0.1, 0.15) is 34.5 Å². The van der Waals surface area contributed by atoms with Gasteiger partial charge >= 0.3 is 0 Å². The molecule has 115 heavy (non-hydrogen) atoms. The summed E-state index contributed by atoms with van der Waals surface area (Å²) in [5, 5.41) is 53.4. The van der Waals surface area contributed by atoms with Crippen LogP contribution < -0.4 is 4.74 Å². The summed E-state index contributed by atoms with van der Waals surface area (Å²) in [6.07, 6.45) is 10.5.